The highest BCUT2D eigenvalue weighted by molar-refractivity contribution is 9.10. The van der Waals surface area contributed by atoms with E-state index in [0.29, 0.717) is 13.2 Å². The molecular formula is C12H13BrN2O2. The van der Waals surface area contributed by atoms with Gasteiger partial charge in [0.1, 0.15) is 6.10 Å². The molecule has 0 aliphatic carbocycles. The smallest absolute Gasteiger partial charge is 0.129 e. The van der Waals surface area contributed by atoms with Crippen LogP contribution in [-0.2, 0) is 9.57 Å². The van der Waals surface area contributed by atoms with Crippen molar-refractivity contribution in [1.29, 1.82) is 0 Å². The fourth-order valence-corrected chi connectivity index (χ4v) is 1.65. The van der Waals surface area contributed by atoms with E-state index in [1.807, 2.05) is 18.2 Å². The molecule has 90 valence electrons. The number of rotatable bonds is 5. The van der Waals surface area contributed by atoms with Crippen LogP contribution >= 0.6 is 15.9 Å². The van der Waals surface area contributed by atoms with E-state index in [-0.39, 0.29) is 6.10 Å². The molecule has 1 aliphatic heterocycles. The van der Waals surface area contributed by atoms with E-state index >= 15 is 0 Å². The van der Waals surface area contributed by atoms with E-state index < -0.39 is 0 Å². The third-order valence-corrected chi connectivity index (χ3v) is 2.66. The van der Waals surface area contributed by atoms with Crippen LogP contribution in [-0.4, -0.2) is 24.3 Å². The second kappa shape index (κ2) is 5.95. The predicted octanol–water partition coefficient (Wildman–Crippen LogP) is 2.29. The van der Waals surface area contributed by atoms with Gasteiger partial charge in [-0.25, -0.2) is 0 Å². The minimum Gasteiger partial charge on any atom is -0.374 e. The number of nitrogens with one attached hydrogen (secondary N) is 1. The van der Waals surface area contributed by atoms with E-state index in [4.69, 9.17) is 9.57 Å². The highest BCUT2D eigenvalue weighted by Gasteiger charge is 2.18. The Balaban J connectivity index is 1.96. The maximum Gasteiger partial charge on any atom is 0.129 e. The quantitative estimate of drug-likeness (QED) is 0.669. The first-order valence-corrected chi connectivity index (χ1v) is 6.03. The first-order valence-electron chi connectivity index (χ1n) is 5.23. The Labute approximate surface area is 108 Å². The number of hydrogen-bond acceptors (Lipinski definition) is 4. The summed E-state index contributed by atoms with van der Waals surface area (Å²) in [4.78, 5) is 9.62. The van der Waals surface area contributed by atoms with Crippen LogP contribution in [0.4, 0.5) is 0 Å². The van der Waals surface area contributed by atoms with Crippen LogP contribution in [0, 0.1) is 0 Å². The largest absolute Gasteiger partial charge is 0.374 e. The molecule has 0 saturated carbocycles. The Bertz CT molecular complexity index is 417. The second-order valence-electron chi connectivity index (χ2n) is 3.53. The first kappa shape index (κ1) is 12.3. The van der Waals surface area contributed by atoms with Crippen molar-refractivity contribution in [2.75, 3.05) is 13.2 Å². The van der Waals surface area contributed by atoms with Crippen molar-refractivity contribution < 1.29 is 9.57 Å². The molecule has 1 aromatic rings. The minimum absolute atomic E-state index is 0.0876. The Morgan fingerprint density at radius 3 is 3.18 bits per heavy atom. The molecule has 1 N–H and O–H groups in total. The Morgan fingerprint density at radius 2 is 2.47 bits per heavy atom. The van der Waals surface area contributed by atoms with Crippen molar-refractivity contribution in [2.45, 2.75) is 6.10 Å². The Kier molecular flexibility index (Phi) is 4.30. The van der Waals surface area contributed by atoms with Crippen molar-refractivity contribution >= 4 is 21.6 Å². The molecule has 1 atom stereocenters. The molecule has 0 radical (unpaired) electrons. The molecule has 0 bridgehead atoms. The van der Waals surface area contributed by atoms with E-state index in [9.17, 15) is 0 Å². The van der Waals surface area contributed by atoms with Crippen molar-refractivity contribution in [3.8, 4) is 0 Å². The topological polar surface area (TPSA) is 43.4 Å². The molecule has 0 saturated heterocycles. The molecule has 0 unspecified atom stereocenters. The number of ether oxygens (including phenoxy) is 1. The lowest BCUT2D eigenvalue weighted by atomic mass is 10.2. The number of aromatic nitrogens is 1. The zero-order chi connectivity index (χ0) is 12.1. The summed E-state index contributed by atoms with van der Waals surface area (Å²) in [7, 11) is 0. The summed E-state index contributed by atoms with van der Waals surface area (Å²) >= 11 is 3.34. The van der Waals surface area contributed by atoms with Crippen molar-refractivity contribution in [3.05, 3.63) is 47.2 Å². The molecule has 1 aromatic heterocycles. The van der Waals surface area contributed by atoms with Gasteiger partial charge in [0.15, 0.2) is 0 Å². The molecule has 0 aromatic carbocycles. The molecule has 2 rings (SSSR count). The lowest BCUT2D eigenvalue weighted by Crippen LogP contribution is -2.17. The van der Waals surface area contributed by atoms with Gasteiger partial charge in [-0.3, -0.25) is 15.3 Å². The molecular weight excluding hydrogens is 284 g/mol. The molecule has 4 nitrogen and oxygen atoms in total. The summed E-state index contributed by atoms with van der Waals surface area (Å²) < 4.78 is 6.27. The average molecular weight is 297 g/mol. The van der Waals surface area contributed by atoms with E-state index in [1.54, 1.807) is 12.3 Å². The predicted molar refractivity (Wildman–Crippen MR) is 68.9 cm³/mol. The van der Waals surface area contributed by atoms with Crippen LogP contribution in [0.2, 0.25) is 0 Å². The first-order chi connectivity index (χ1) is 8.29. The van der Waals surface area contributed by atoms with Crippen LogP contribution in [0.25, 0.3) is 5.70 Å². The van der Waals surface area contributed by atoms with Crippen LogP contribution in [0.1, 0.15) is 5.69 Å². The highest BCUT2D eigenvalue weighted by atomic mass is 79.9. The third kappa shape index (κ3) is 3.39. The zero-order valence-electron chi connectivity index (χ0n) is 9.23. The summed E-state index contributed by atoms with van der Waals surface area (Å²) in [5.41, 5.74) is 4.56. The monoisotopic (exact) mass is 296 g/mol. The fourth-order valence-electron chi connectivity index (χ4n) is 1.42. The van der Waals surface area contributed by atoms with E-state index in [2.05, 4.69) is 33.0 Å². The normalized spacial score (nSPS) is 18.6. The Morgan fingerprint density at radius 1 is 1.59 bits per heavy atom. The number of halogens is 1. The highest BCUT2D eigenvalue weighted by Crippen LogP contribution is 2.18. The van der Waals surface area contributed by atoms with Crippen molar-refractivity contribution in [3.63, 3.8) is 0 Å². The standard InChI is InChI=1S/C12H13BrN2O2/c1-2-5-16-8-10-6-12(15-17-10)11-4-3-9(13)7-14-11/h2-4,6-7,10,15H,1,5,8H2/t10-/m0/s1. The van der Waals surface area contributed by atoms with Crippen molar-refractivity contribution in [1.82, 2.24) is 10.5 Å². The molecule has 0 amide bonds. The van der Waals surface area contributed by atoms with E-state index in [0.717, 1.165) is 15.9 Å². The third-order valence-electron chi connectivity index (χ3n) is 2.19. The zero-order valence-corrected chi connectivity index (χ0v) is 10.8. The summed E-state index contributed by atoms with van der Waals surface area (Å²) in [5, 5.41) is 0. The Hall–Kier alpha value is -1.17. The number of pyridine rings is 1. The fraction of sp³-hybridized carbons (Fsp3) is 0.250. The lowest BCUT2D eigenvalue weighted by Gasteiger charge is -2.06. The van der Waals surface area contributed by atoms with Gasteiger partial charge in [-0.05, 0) is 34.1 Å². The van der Waals surface area contributed by atoms with Gasteiger partial charge < -0.3 is 4.74 Å². The van der Waals surface area contributed by atoms with Gasteiger partial charge in [0.2, 0.25) is 0 Å². The van der Waals surface area contributed by atoms with Crippen LogP contribution < -0.4 is 5.48 Å². The van der Waals surface area contributed by atoms with Crippen LogP contribution in [0.3, 0.4) is 0 Å². The minimum atomic E-state index is -0.0876. The van der Waals surface area contributed by atoms with Gasteiger partial charge in [0.25, 0.3) is 0 Å². The molecule has 0 spiro atoms. The SMILES string of the molecule is C=CCOC[C@@H]1C=C(c2ccc(Br)cn2)NO1. The summed E-state index contributed by atoms with van der Waals surface area (Å²) in [6, 6.07) is 3.85. The van der Waals surface area contributed by atoms with Gasteiger partial charge >= 0.3 is 0 Å². The summed E-state index contributed by atoms with van der Waals surface area (Å²) in [6.07, 6.45) is 5.33. The maximum atomic E-state index is 5.34. The van der Waals surface area contributed by atoms with Crippen LogP contribution in [0.15, 0.2) is 41.5 Å². The van der Waals surface area contributed by atoms with Gasteiger partial charge in [-0.15, -0.1) is 6.58 Å². The summed E-state index contributed by atoms with van der Waals surface area (Å²) in [5.74, 6) is 0. The number of hydrogen-bond donors (Lipinski definition) is 1. The van der Waals surface area contributed by atoms with Crippen LogP contribution in [0.5, 0.6) is 0 Å². The van der Waals surface area contributed by atoms with Crippen molar-refractivity contribution in [2.24, 2.45) is 0 Å². The van der Waals surface area contributed by atoms with Gasteiger partial charge in [-0.2, -0.15) is 0 Å². The number of nitrogens with zero attached hydrogens (tertiary/aromatic N) is 1. The average Bonchev–Trinajstić information content (AvgIpc) is 2.79. The van der Waals surface area contributed by atoms with Gasteiger partial charge in [-0.1, -0.05) is 6.08 Å². The van der Waals surface area contributed by atoms with E-state index in [1.165, 1.54) is 0 Å². The van der Waals surface area contributed by atoms with Gasteiger partial charge in [0.05, 0.1) is 24.6 Å². The maximum absolute atomic E-state index is 5.34. The lowest BCUT2D eigenvalue weighted by molar-refractivity contribution is -0.00382. The molecule has 17 heavy (non-hydrogen) atoms. The molecule has 1 aliphatic rings. The molecule has 5 heteroatoms. The second-order valence-corrected chi connectivity index (χ2v) is 4.44. The summed E-state index contributed by atoms with van der Waals surface area (Å²) in [6.45, 7) is 4.61. The molecule has 2 heterocycles. The molecule has 0 fully saturated rings. The van der Waals surface area contributed by atoms with Gasteiger partial charge in [0, 0.05) is 10.7 Å². The number of hydroxylamine groups is 1.